The molecule has 5 nitrogen and oxygen atoms in total. The number of nitrogens with one attached hydrogen (secondary N) is 2. The molecule has 0 aliphatic carbocycles. The molecule has 0 atom stereocenters. The fraction of sp³-hybridized carbons (Fsp3) is 0.190. The molecular weight excluding hydrogens is 324 g/mol. The average molecular weight is 346 g/mol. The Morgan fingerprint density at radius 2 is 1.88 bits per heavy atom. The standard InChI is InChI=1S/C21H22N4O/c1-14(20-18-12-16(22)6-9-19(18)24-21(20)26)23-17-7-4-15(5-8-17)13-25-10-2-3-11-25/h2-9,12,23H,10-11,13,22H2,1H3,(H,24,26). The second-order valence-electron chi connectivity index (χ2n) is 6.75. The fourth-order valence-corrected chi connectivity index (χ4v) is 3.44. The highest BCUT2D eigenvalue weighted by atomic mass is 16.2. The quantitative estimate of drug-likeness (QED) is 0.451. The summed E-state index contributed by atoms with van der Waals surface area (Å²) in [5.74, 6) is -0.103. The van der Waals surface area contributed by atoms with E-state index in [1.54, 1.807) is 6.07 Å². The molecule has 0 spiro atoms. The van der Waals surface area contributed by atoms with Crippen molar-refractivity contribution >= 4 is 28.5 Å². The van der Waals surface area contributed by atoms with Crippen LogP contribution in [0.15, 0.2) is 60.3 Å². The maximum absolute atomic E-state index is 12.4. The number of rotatable bonds is 4. The first-order valence-corrected chi connectivity index (χ1v) is 8.75. The third-order valence-corrected chi connectivity index (χ3v) is 4.75. The first-order valence-electron chi connectivity index (χ1n) is 8.75. The molecule has 2 heterocycles. The molecule has 4 rings (SSSR count). The fourth-order valence-electron chi connectivity index (χ4n) is 3.44. The van der Waals surface area contributed by atoms with Crippen molar-refractivity contribution < 1.29 is 4.79 Å². The van der Waals surface area contributed by atoms with E-state index in [-0.39, 0.29) is 5.91 Å². The SMILES string of the molecule is CC(Nc1ccc(CN2CC=CC2)cc1)=C1C(=O)Nc2ccc(N)cc21. The maximum atomic E-state index is 12.4. The number of carbonyl (C=O) groups is 1. The third kappa shape index (κ3) is 3.21. The number of amides is 1. The van der Waals surface area contributed by atoms with Crippen LogP contribution in [0.3, 0.4) is 0 Å². The summed E-state index contributed by atoms with van der Waals surface area (Å²) in [6, 6.07) is 13.8. The van der Waals surface area contributed by atoms with Crippen molar-refractivity contribution in [3.8, 4) is 0 Å². The number of hydrogen-bond donors (Lipinski definition) is 3. The van der Waals surface area contributed by atoms with E-state index in [1.165, 1.54) is 5.56 Å². The topological polar surface area (TPSA) is 70.4 Å². The maximum Gasteiger partial charge on any atom is 0.258 e. The Morgan fingerprint density at radius 3 is 2.62 bits per heavy atom. The Kier molecular flexibility index (Phi) is 4.22. The summed E-state index contributed by atoms with van der Waals surface area (Å²) < 4.78 is 0. The molecule has 0 saturated heterocycles. The van der Waals surface area contributed by atoms with Crippen LogP contribution in [0, 0.1) is 0 Å². The van der Waals surface area contributed by atoms with E-state index in [2.05, 4.69) is 52.0 Å². The molecule has 2 aromatic rings. The van der Waals surface area contributed by atoms with Crippen molar-refractivity contribution in [2.24, 2.45) is 0 Å². The van der Waals surface area contributed by atoms with Gasteiger partial charge in [0.2, 0.25) is 0 Å². The molecule has 2 aliphatic rings. The largest absolute Gasteiger partial charge is 0.399 e. The first kappa shape index (κ1) is 16.4. The van der Waals surface area contributed by atoms with Crippen LogP contribution in [-0.2, 0) is 11.3 Å². The number of allylic oxidation sites excluding steroid dienone is 1. The Morgan fingerprint density at radius 1 is 1.15 bits per heavy atom. The summed E-state index contributed by atoms with van der Waals surface area (Å²) in [6.07, 6.45) is 4.39. The molecule has 0 unspecified atom stereocenters. The van der Waals surface area contributed by atoms with Crippen molar-refractivity contribution in [3.63, 3.8) is 0 Å². The number of fused-ring (bicyclic) bond motifs is 1. The lowest BCUT2D eigenvalue weighted by Gasteiger charge is -2.15. The normalized spacial score (nSPS) is 18.0. The van der Waals surface area contributed by atoms with Crippen LogP contribution in [0.2, 0.25) is 0 Å². The van der Waals surface area contributed by atoms with Gasteiger partial charge in [0.15, 0.2) is 0 Å². The van der Waals surface area contributed by atoms with Gasteiger partial charge in [-0.15, -0.1) is 0 Å². The molecule has 0 bridgehead atoms. The Hall–Kier alpha value is -3.05. The highest BCUT2D eigenvalue weighted by Gasteiger charge is 2.26. The molecule has 132 valence electrons. The summed E-state index contributed by atoms with van der Waals surface area (Å²) in [5, 5.41) is 6.23. The van der Waals surface area contributed by atoms with E-state index in [9.17, 15) is 4.79 Å². The zero-order valence-electron chi connectivity index (χ0n) is 14.8. The second kappa shape index (κ2) is 6.69. The van der Waals surface area contributed by atoms with Crippen molar-refractivity contribution in [3.05, 3.63) is 71.4 Å². The van der Waals surface area contributed by atoms with Crippen LogP contribution >= 0.6 is 0 Å². The number of nitrogens with zero attached hydrogens (tertiary/aromatic N) is 1. The minimum Gasteiger partial charge on any atom is -0.399 e. The van der Waals surface area contributed by atoms with Gasteiger partial charge in [-0.05, 0) is 42.8 Å². The van der Waals surface area contributed by atoms with Gasteiger partial charge >= 0.3 is 0 Å². The number of carbonyl (C=O) groups excluding carboxylic acids is 1. The first-order chi connectivity index (χ1) is 12.6. The predicted molar refractivity (Wildman–Crippen MR) is 107 cm³/mol. The lowest BCUT2D eigenvalue weighted by Crippen LogP contribution is -2.19. The highest BCUT2D eigenvalue weighted by Crippen LogP contribution is 2.35. The molecule has 4 N–H and O–H groups in total. The van der Waals surface area contributed by atoms with Crippen LogP contribution in [0.5, 0.6) is 0 Å². The number of anilines is 3. The van der Waals surface area contributed by atoms with Gasteiger partial charge in [0.1, 0.15) is 0 Å². The molecule has 0 aromatic heterocycles. The van der Waals surface area contributed by atoms with Gasteiger partial charge in [0.05, 0.1) is 5.57 Å². The number of benzene rings is 2. The predicted octanol–water partition coefficient (Wildman–Crippen LogP) is 3.44. The average Bonchev–Trinajstić information content (AvgIpc) is 3.23. The molecule has 0 fully saturated rings. The Labute approximate surface area is 153 Å². The second-order valence-corrected chi connectivity index (χ2v) is 6.75. The summed E-state index contributed by atoms with van der Waals surface area (Å²) in [5.41, 5.74) is 11.9. The van der Waals surface area contributed by atoms with E-state index in [0.29, 0.717) is 11.3 Å². The number of nitrogens with two attached hydrogens (primary N) is 1. The minimum absolute atomic E-state index is 0.103. The van der Waals surface area contributed by atoms with E-state index in [0.717, 1.165) is 42.3 Å². The highest BCUT2D eigenvalue weighted by molar-refractivity contribution is 6.32. The number of hydrogen-bond acceptors (Lipinski definition) is 4. The van der Waals surface area contributed by atoms with Crippen molar-refractivity contribution in [2.45, 2.75) is 13.5 Å². The van der Waals surface area contributed by atoms with E-state index in [4.69, 9.17) is 5.73 Å². The van der Waals surface area contributed by atoms with Crippen LogP contribution in [0.1, 0.15) is 18.1 Å². The molecule has 0 saturated carbocycles. The van der Waals surface area contributed by atoms with Gasteiger partial charge in [-0.3, -0.25) is 9.69 Å². The van der Waals surface area contributed by atoms with Crippen LogP contribution < -0.4 is 16.4 Å². The van der Waals surface area contributed by atoms with E-state index in [1.807, 2.05) is 19.1 Å². The summed E-state index contributed by atoms with van der Waals surface area (Å²) in [4.78, 5) is 14.7. The summed E-state index contributed by atoms with van der Waals surface area (Å²) >= 11 is 0. The number of nitrogen functional groups attached to an aromatic ring is 1. The summed E-state index contributed by atoms with van der Waals surface area (Å²) in [6.45, 7) is 4.89. The lowest BCUT2D eigenvalue weighted by molar-refractivity contribution is -0.110. The van der Waals surface area contributed by atoms with Gasteiger partial charge in [0.25, 0.3) is 5.91 Å². The van der Waals surface area contributed by atoms with E-state index >= 15 is 0 Å². The molecule has 0 radical (unpaired) electrons. The van der Waals surface area contributed by atoms with Gasteiger partial charge < -0.3 is 16.4 Å². The van der Waals surface area contributed by atoms with Gasteiger partial charge in [-0.1, -0.05) is 24.3 Å². The molecule has 1 amide bonds. The zero-order valence-corrected chi connectivity index (χ0v) is 14.8. The molecular formula is C21H22N4O. The molecule has 5 heteroatoms. The van der Waals surface area contributed by atoms with Crippen molar-refractivity contribution in [1.82, 2.24) is 4.90 Å². The van der Waals surface area contributed by atoms with Gasteiger partial charge in [0, 0.05) is 48.0 Å². The Balaban J connectivity index is 1.52. The van der Waals surface area contributed by atoms with Crippen LogP contribution in [-0.4, -0.2) is 23.9 Å². The van der Waals surface area contributed by atoms with E-state index < -0.39 is 0 Å². The zero-order chi connectivity index (χ0) is 18.1. The van der Waals surface area contributed by atoms with Crippen LogP contribution in [0.4, 0.5) is 17.1 Å². The van der Waals surface area contributed by atoms with Crippen molar-refractivity contribution in [1.29, 1.82) is 0 Å². The summed E-state index contributed by atoms with van der Waals surface area (Å²) in [7, 11) is 0. The van der Waals surface area contributed by atoms with Crippen LogP contribution in [0.25, 0.3) is 5.57 Å². The minimum atomic E-state index is -0.103. The third-order valence-electron chi connectivity index (χ3n) is 4.75. The Bertz CT molecular complexity index is 904. The smallest absolute Gasteiger partial charge is 0.258 e. The molecule has 2 aliphatic heterocycles. The lowest BCUT2D eigenvalue weighted by atomic mass is 10.0. The van der Waals surface area contributed by atoms with Gasteiger partial charge in [-0.2, -0.15) is 0 Å². The van der Waals surface area contributed by atoms with Crippen molar-refractivity contribution in [2.75, 3.05) is 29.5 Å². The molecule has 26 heavy (non-hydrogen) atoms. The monoisotopic (exact) mass is 346 g/mol. The molecule has 2 aromatic carbocycles. The van der Waals surface area contributed by atoms with Gasteiger partial charge in [-0.25, -0.2) is 0 Å².